The van der Waals surface area contributed by atoms with E-state index < -0.39 is 24.1 Å². The Kier molecular flexibility index (Phi) is 10.0. The van der Waals surface area contributed by atoms with E-state index in [4.69, 9.17) is 19.9 Å². The van der Waals surface area contributed by atoms with Crippen molar-refractivity contribution in [2.24, 2.45) is 0 Å². The number of hydrogen-bond acceptors (Lipinski definition) is 6. The first-order valence-electron chi connectivity index (χ1n) is 14.6. The number of rotatable bonds is 8. The number of carbonyl (C=O) groups is 2. The second kappa shape index (κ2) is 13.2. The van der Waals surface area contributed by atoms with Gasteiger partial charge in [0.1, 0.15) is 0 Å². The molecule has 0 fully saturated rings. The Morgan fingerprint density at radius 2 is 1.20 bits per heavy atom. The molecule has 5 rings (SSSR count). The third-order valence-electron chi connectivity index (χ3n) is 8.49. The van der Waals surface area contributed by atoms with Crippen molar-refractivity contribution in [3.8, 4) is 0 Å². The minimum atomic E-state index is -0.931. The third-order valence-corrected chi connectivity index (χ3v) is 8.49. The molecule has 0 aliphatic carbocycles. The molecule has 45 heavy (non-hydrogen) atoms. The molecule has 2 aliphatic rings. The van der Waals surface area contributed by atoms with Crippen molar-refractivity contribution in [1.82, 2.24) is 19.9 Å². The average Bonchev–Trinajstić information content (AvgIpc) is 3.59. The molecule has 0 aromatic carbocycles. The van der Waals surface area contributed by atoms with E-state index in [9.17, 15) is 30.0 Å². The monoisotopic (exact) mass is 791 g/mol. The number of aryl methyl sites for hydroxylation is 3. The first-order valence-corrected chi connectivity index (χ1v) is 14.6. The van der Waals surface area contributed by atoms with Gasteiger partial charge in [-0.25, -0.2) is 9.97 Å². The van der Waals surface area contributed by atoms with E-state index in [0.29, 0.717) is 56.0 Å². The van der Waals surface area contributed by atoms with Crippen molar-refractivity contribution < 1.29 is 51.1 Å². The van der Waals surface area contributed by atoms with Crippen LogP contribution < -0.4 is 9.97 Å². The van der Waals surface area contributed by atoms with Gasteiger partial charge < -0.3 is 30.4 Å². The third kappa shape index (κ3) is 6.59. The summed E-state index contributed by atoms with van der Waals surface area (Å²) >= 11 is 0. The number of aliphatic hydroxyl groups excluding tert-OH is 2. The number of aliphatic carboxylic acids is 2. The molecule has 3 aromatic rings. The van der Waals surface area contributed by atoms with Crippen molar-refractivity contribution in [2.45, 2.75) is 79.4 Å². The summed E-state index contributed by atoms with van der Waals surface area (Å²) in [6.45, 7) is 10.9. The van der Waals surface area contributed by atoms with Crippen LogP contribution in [-0.4, -0.2) is 48.4 Å². The van der Waals surface area contributed by atoms with Crippen LogP contribution in [0.25, 0.3) is 44.4 Å². The summed E-state index contributed by atoms with van der Waals surface area (Å²) < 4.78 is 0. The Morgan fingerprint density at radius 3 is 1.82 bits per heavy atom. The maximum absolute atomic E-state index is 11.5. The van der Waals surface area contributed by atoms with Crippen LogP contribution in [0.3, 0.4) is 0 Å². The zero-order chi connectivity index (χ0) is 32.0. The Bertz CT molecular complexity index is 1930. The molecular weight excluding hydrogens is 755 g/mol. The van der Waals surface area contributed by atoms with Gasteiger partial charge in [-0.2, -0.15) is 0 Å². The minimum absolute atomic E-state index is 0. The van der Waals surface area contributed by atoms with E-state index in [1.54, 1.807) is 26.0 Å². The molecule has 0 saturated heterocycles. The number of carboxylic acid groups (broad SMARTS) is 2. The molecule has 10 nitrogen and oxygen atoms in total. The summed E-state index contributed by atoms with van der Waals surface area (Å²) in [6.07, 6.45) is -1.32. The fourth-order valence-electron chi connectivity index (χ4n) is 6.15. The van der Waals surface area contributed by atoms with Gasteiger partial charge in [-0.15, -0.1) is 22.1 Å². The van der Waals surface area contributed by atoms with Gasteiger partial charge in [0.25, 0.3) is 0 Å². The SMILES string of the molecule is CC1=C(CCC(=O)O)c2cc3[n-]c(cc4nc(cc5[n-]c(cc1n2)c(C)c5C(C)O)C(C)=C4C(C)O)c(C)c3CCC(=O)O.[Pt+2]. The molecule has 2 unspecified atom stereocenters. The number of aliphatic hydroxyl groups is 2. The summed E-state index contributed by atoms with van der Waals surface area (Å²) in [5.74, 6) is -1.86. The summed E-state index contributed by atoms with van der Waals surface area (Å²) in [5.41, 5.74) is 10.6. The van der Waals surface area contributed by atoms with Crippen LogP contribution in [0.2, 0.25) is 0 Å². The summed E-state index contributed by atoms with van der Waals surface area (Å²) in [4.78, 5) is 42.6. The second-order valence-corrected chi connectivity index (χ2v) is 11.5. The largest absolute Gasteiger partial charge is 2.00 e. The quantitative estimate of drug-likeness (QED) is 0.233. The molecule has 0 spiro atoms. The van der Waals surface area contributed by atoms with E-state index in [2.05, 4.69) is 0 Å². The molecular formula is C34H36N4O6Pt. The zero-order valence-corrected chi connectivity index (χ0v) is 28.3. The van der Waals surface area contributed by atoms with Crippen molar-refractivity contribution in [3.05, 3.63) is 69.3 Å². The van der Waals surface area contributed by atoms with Gasteiger partial charge >= 0.3 is 33.0 Å². The zero-order valence-electron chi connectivity index (χ0n) is 26.0. The molecule has 8 bridgehead atoms. The predicted molar refractivity (Wildman–Crippen MR) is 169 cm³/mol. The number of carboxylic acids is 2. The molecule has 0 amide bonds. The molecule has 5 heterocycles. The average molecular weight is 792 g/mol. The van der Waals surface area contributed by atoms with Gasteiger partial charge in [0, 0.05) is 18.4 Å². The van der Waals surface area contributed by atoms with E-state index in [1.807, 2.05) is 39.8 Å². The Balaban J connectivity index is 0.00000461. The Labute approximate surface area is 275 Å². The van der Waals surface area contributed by atoms with Gasteiger partial charge in [-0.05, 0) is 76.7 Å². The van der Waals surface area contributed by atoms with Crippen LogP contribution in [0.4, 0.5) is 0 Å². The number of nitrogens with zero attached hydrogens (tertiary/aromatic N) is 4. The van der Waals surface area contributed by atoms with Crippen LogP contribution in [0.5, 0.6) is 0 Å². The second-order valence-electron chi connectivity index (χ2n) is 11.5. The molecule has 0 radical (unpaired) electrons. The van der Waals surface area contributed by atoms with Crippen molar-refractivity contribution in [3.63, 3.8) is 0 Å². The van der Waals surface area contributed by atoms with Gasteiger partial charge in [0.15, 0.2) is 0 Å². The standard InChI is InChI=1S/C34H38N4O6.Pt/c1-15-21(7-9-31(41)42)27-14-28-22(8-10-32(43)44)16(2)24(36-28)12-29-34(20(6)40)18(4)26(38-29)13-30-33(19(5)39)17(3)25(37-30)11-23(15)35-27;/h11-14,19-20,39-40H,7-10H2,1-6H3,(H4,35,36,37,38,41,42,43,44);/q;+2/p-2. The number of hydrogen-bond donors (Lipinski definition) is 4. The van der Waals surface area contributed by atoms with E-state index in [-0.39, 0.29) is 46.7 Å². The summed E-state index contributed by atoms with van der Waals surface area (Å²) in [5, 5.41) is 40.4. The van der Waals surface area contributed by atoms with Crippen LogP contribution in [-0.2, 0) is 37.1 Å². The van der Waals surface area contributed by atoms with Crippen LogP contribution in [0.15, 0.2) is 24.3 Å². The number of fused-ring (bicyclic) bond motifs is 8. The molecule has 0 saturated carbocycles. The Morgan fingerprint density at radius 1 is 0.689 bits per heavy atom. The van der Waals surface area contributed by atoms with E-state index in [1.165, 1.54) is 0 Å². The maximum atomic E-state index is 11.5. The van der Waals surface area contributed by atoms with E-state index in [0.717, 1.165) is 33.4 Å². The minimum Gasteiger partial charge on any atom is -0.657 e. The van der Waals surface area contributed by atoms with Crippen molar-refractivity contribution in [2.75, 3.05) is 0 Å². The van der Waals surface area contributed by atoms with Crippen LogP contribution >= 0.6 is 0 Å². The Hall–Kier alpha value is -3.85. The topological polar surface area (TPSA) is 169 Å². The number of allylic oxidation sites excluding steroid dienone is 3. The fourth-order valence-corrected chi connectivity index (χ4v) is 6.15. The van der Waals surface area contributed by atoms with Crippen molar-refractivity contribution >= 4 is 56.3 Å². The number of aromatic nitrogens is 4. The van der Waals surface area contributed by atoms with Crippen molar-refractivity contribution in [1.29, 1.82) is 0 Å². The maximum Gasteiger partial charge on any atom is 2.00 e. The summed E-state index contributed by atoms with van der Waals surface area (Å²) in [6, 6.07) is 7.25. The first-order chi connectivity index (χ1) is 20.8. The molecule has 4 N–H and O–H groups in total. The van der Waals surface area contributed by atoms with Crippen LogP contribution in [0, 0.1) is 13.8 Å². The van der Waals surface area contributed by atoms with Gasteiger partial charge in [0.05, 0.1) is 35.0 Å². The molecule has 238 valence electrons. The molecule has 11 heteroatoms. The molecule has 3 aromatic heterocycles. The van der Waals surface area contributed by atoms with Gasteiger partial charge in [-0.3, -0.25) is 9.59 Å². The van der Waals surface area contributed by atoms with E-state index >= 15 is 0 Å². The summed E-state index contributed by atoms with van der Waals surface area (Å²) in [7, 11) is 0. The molecule has 2 aliphatic heterocycles. The predicted octanol–water partition coefficient (Wildman–Crippen LogP) is 5.36. The normalized spacial score (nSPS) is 14.4. The van der Waals surface area contributed by atoms with Gasteiger partial charge in [0.2, 0.25) is 0 Å². The molecule has 2 atom stereocenters. The van der Waals surface area contributed by atoms with Crippen LogP contribution in [0.1, 0.15) is 98.1 Å². The fraction of sp³-hybridized carbons (Fsp3) is 0.353. The van der Waals surface area contributed by atoms with Gasteiger partial charge in [-0.1, -0.05) is 41.0 Å². The first kappa shape index (κ1) is 34.0. The smallest absolute Gasteiger partial charge is 0.657 e.